The molecule has 8 nitrogen and oxygen atoms in total. The molecule has 178 valence electrons. The molecule has 4 rings (SSSR count). The molecule has 0 aromatic heterocycles. The summed E-state index contributed by atoms with van der Waals surface area (Å²) in [7, 11) is 1.68. The van der Waals surface area contributed by atoms with Gasteiger partial charge in [-0.1, -0.05) is 44.2 Å². The van der Waals surface area contributed by atoms with Crippen LogP contribution >= 0.6 is 0 Å². The predicted octanol–water partition coefficient (Wildman–Crippen LogP) is 2.02. The molecule has 0 radical (unpaired) electrons. The summed E-state index contributed by atoms with van der Waals surface area (Å²) in [5.74, 6) is 6.88. The van der Waals surface area contributed by atoms with Gasteiger partial charge in [0.15, 0.2) is 0 Å². The zero-order valence-electron chi connectivity index (χ0n) is 19.3. The summed E-state index contributed by atoms with van der Waals surface area (Å²) in [4.78, 5) is 16.1. The Morgan fingerprint density at radius 1 is 1.22 bits per heavy atom. The van der Waals surface area contributed by atoms with E-state index in [4.69, 9.17) is 15.3 Å². The molecule has 2 saturated heterocycles. The lowest BCUT2D eigenvalue weighted by Gasteiger charge is -2.43. The van der Waals surface area contributed by atoms with Gasteiger partial charge in [0.2, 0.25) is 5.91 Å². The van der Waals surface area contributed by atoms with Crippen molar-refractivity contribution in [1.82, 2.24) is 21.2 Å². The van der Waals surface area contributed by atoms with Crippen molar-refractivity contribution >= 4 is 5.91 Å². The Hall–Kier alpha value is -1.71. The summed E-state index contributed by atoms with van der Waals surface area (Å²) < 4.78 is 11.1. The number of amides is 1. The van der Waals surface area contributed by atoms with Crippen LogP contribution in [0.3, 0.4) is 0 Å². The Morgan fingerprint density at radius 3 is 2.62 bits per heavy atom. The average Bonchev–Trinajstić information content (AvgIpc) is 3.25. The zero-order valence-corrected chi connectivity index (χ0v) is 19.3. The van der Waals surface area contributed by atoms with Gasteiger partial charge in [0.25, 0.3) is 0 Å². The van der Waals surface area contributed by atoms with Crippen molar-refractivity contribution in [3.05, 3.63) is 29.8 Å². The van der Waals surface area contributed by atoms with Crippen molar-refractivity contribution in [3.8, 4) is 5.75 Å². The van der Waals surface area contributed by atoms with Crippen LogP contribution < -0.4 is 26.9 Å². The largest absolute Gasteiger partial charge is 0.497 e. The van der Waals surface area contributed by atoms with E-state index in [1.54, 1.807) is 7.11 Å². The second-order valence-corrected chi connectivity index (χ2v) is 9.46. The highest BCUT2D eigenvalue weighted by molar-refractivity contribution is 5.87. The van der Waals surface area contributed by atoms with Crippen molar-refractivity contribution in [2.75, 3.05) is 33.4 Å². The van der Waals surface area contributed by atoms with Crippen molar-refractivity contribution in [2.24, 2.45) is 11.8 Å². The summed E-state index contributed by atoms with van der Waals surface area (Å²) >= 11 is 0. The maximum Gasteiger partial charge on any atom is 0.244 e. The number of hydrogen-bond acceptors (Lipinski definition) is 7. The molecule has 8 heteroatoms. The van der Waals surface area contributed by atoms with Crippen LogP contribution in [0.1, 0.15) is 63.0 Å². The fourth-order valence-corrected chi connectivity index (χ4v) is 5.65. The number of nitrogens with two attached hydrogens (primary N) is 1. The smallest absolute Gasteiger partial charge is 0.244 e. The fourth-order valence-electron chi connectivity index (χ4n) is 5.65. The van der Waals surface area contributed by atoms with Crippen LogP contribution in [-0.4, -0.2) is 55.8 Å². The first-order valence-electron chi connectivity index (χ1n) is 12.2. The van der Waals surface area contributed by atoms with Gasteiger partial charge in [-0.25, -0.2) is 10.9 Å². The van der Waals surface area contributed by atoms with Crippen LogP contribution in [0.15, 0.2) is 24.3 Å². The minimum atomic E-state index is -0.597. The number of rotatable bonds is 6. The Balaban J connectivity index is 1.57. The second kappa shape index (κ2) is 10.9. The summed E-state index contributed by atoms with van der Waals surface area (Å²) in [5.41, 5.74) is 10.3. The van der Waals surface area contributed by atoms with Crippen LogP contribution in [0, 0.1) is 5.92 Å². The number of nitrogens with one attached hydrogen (secondary N) is 3. The highest BCUT2D eigenvalue weighted by atomic mass is 16.5. The maximum atomic E-state index is 14.1. The van der Waals surface area contributed by atoms with Gasteiger partial charge in [-0.2, -0.15) is 0 Å². The third-order valence-electron chi connectivity index (χ3n) is 7.47. The van der Waals surface area contributed by atoms with Gasteiger partial charge in [-0.05, 0) is 42.9 Å². The van der Waals surface area contributed by atoms with Crippen molar-refractivity contribution < 1.29 is 14.3 Å². The van der Waals surface area contributed by atoms with Gasteiger partial charge >= 0.3 is 0 Å². The first-order valence-corrected chi connectivity index (χ1v) is 12.2. The number of carbonyl (C=O) groups is 1. The number of carbonyl (C=O) groups excluding carboxylic acids is 1. The number of hydrazine groups is 2. The van der Waals surface area contributed by atoms with E-state index >= 15 is 0 Å². The molecular weight excluding hydrogens is 406 g/mol. The molecule has 3 fully saturated rings. The van der Waals surface area contributed by atoms with Crippen molar-refractivity contribution in [2.45, 2.75) is 69.1 Å². The van der Waals surface area contributed by atoms with E-state index in [1.807, 2.05) is 17.0 Å². The number of methoxy groups -OCH3 is 1. The molecule has 0 spiro atoms. The summed E-state index contributed by atoms with van der Waals surface area (Å²) in [6.45, 7) is 2.30. The Morgan fingerprint density at radius 2 is 1.94 bits per heavy atom. The Labute approximate surface area is 191 Å². The number of hydrogen-bond donors (Lipinski definition) is 4. The molecule has 32 heavy (non-hydrogen) atoms. The van der Waals surface area contributed by atoms with Crippen LogP contribution in [0.25, 0.3) is 0 Å². The lowest BCUT2D eigenvalue weighted by Crippen LogP contribution is -2.63. The van der Waals surface area contributed by atoms with Crippen LogP contribution in [0.4, 0.5) is 0 Å². The van der Waals surface area contributed by atoms with Crippen LogP contribution in [-0.2, 0) is 9.53 Å². The molecule has 2 heterocycles. The minimum absolute atomic E-state index is 0.0705. The highest BCUT2D eigenvalue weighted by Gasteiger charge is 2.52. The normalized spacial score (nSPS) is 30.0. The van der Waals surface area contributed by atoms with Gasteiger partial charge < -0.3 is 14.4 Å². The monoisotopic (exact) mass is 445 g/mol. The second-order valence-electron chi connectivity index (χ2n) is 9.46. The number of benzene rings is 1. The van der Waals surface area contributed by atoms with Crippen molar-refractivity contribution in [3.63, 3.8) is 0 Å². The Kier molecular flexibility index (Phi) is 8.02. The molecule has 2 unspecified atom stereocenters. The number of nitrogens with zero attached hydrogens (tertiary/aromatic N) is 1. The van der Waals surface area contributed by atoms with Crippen molar-refractivity contribution in [1.29, 1.82) is 0 Å². The van der Waals surface area contributed by atoms with E-state index < -0.39 is 5.54 Å². The molecule has 1 saturated carbocycles. The van der Waals surface area contributed by atoms with E-state index in [0.29, 0.717) is 32.2 Å². The lowest BCUT2D eigenvalue weighted by atomic mass is 9.72. The summed E-state index contributed by atoms with van der Waals surface area (Å²) in [6, 6.07) is 8.24. The van der Waals surface area contributed by atoms with Crippen LogP contribution in [0.5, 0.6) is 5.75 Å². The molecule has 5 N–H and O–H groups in total. The van der Waals surface area contributed by atoms with Gasteiger partial charge in [-0.3, -0.25) is 16.1 Å². The van der Waals surface area contributed by atoms with Gasteiger partial charge in [-0.15, -0.1) is 0 Å². The van der Waals surface area contributed by atoms with Crippen LogP contribution in [0.2, 0.25) is 0 Å². The van der Waals surface area contributed by atoms with Gasteiger partial charge in [0, 0.05) is 25.7 Å². The lowest BCUT2D eigenvalue weighted by molar-refractivity contribution is -0.148. The number of ether oxygens (including phenoxy) is 2. The minimum Gasteiger partial charge on any atom is -0.497 e. The standard InChI is InChI=1S/C24H39N5O3/c1-31-20-11-9-18(10-12-20)22-15-24(28-27-22,19-7-5-3-2-4-6-8-19)23(30)29-13-14-32-21(17-29)16-26-25/h9-12,19,21-22,26-28H,2-8,13-17,25H2,1H3/t21-,22?,24?/m0/s1. The maximum absolute atomic E-state index is 14.1. The topological polar surface area (TPSA) is 101 Å². The van der Waals surface area contributed by atoms with E-state index in [1.165, 1.54) is 37.7 Å². The van der Waals surface area contributed by atoms with E-state index in [-0.39, 0.29) is 18.1 Å². The highest BCUT2D eigenvalue weighted by Crippen LogP contribution is 2.41. The molecule has 2 aliphatic heterocycles. The van der Waals surface area contributed by atoms with E-state index in [2.05, 4.69) is 28.4 Å². The molecule has 0 bridgehead atoms. The molecule has 3 atom stereocenters. The summed E-state index contributed by atoms with van der Waals surface area (Å²) in [6.07, 6.45) is 9.08. The Bertz CT molecular complexity index is 736. The predicted molar refractivity (Wildman–Crippen MR) is 124 cm³/mol. The number of morpholine rings is 1. The SMILES string of the molecule is COc1ccc(C2CC(C(=O)N3CCO[C@@H](CNN)C3)(C3CCCCCCC3)NN2)cc1. The average molecular weight is 446 g/mol. The molecular formula is C24H39N5O3. The summed E-state index contributed by atoms with van der Waals surface area (Å²) in [5, 5.41) is 0. The zero-order chi connectivity index (χ0) is 22.4. The molecule has 1 amide bonds. The molecule has 1 aromatic carbocycles. The first-order chi connectivity index (χ1) is 15.7. The molecule has 3 aliphatic rings. The third-order valence-corrected chi connectivity index (χ3v) is 7.47. The molecule has 1 aliphatic carbocycles. The fraction of sp³-hybridized carbons (Fsp3) is 0.708. The van der Waals surface area contributed by atoms with Gasteiger partial charge in [0.05, 0.1) is 19.8 Å². The molecule has 1 aromatic rings. The van der Waals surface area contributed by atoms with E-state index in [9.17, 15) is 4.79 Å². The third kappa shape index (κ3) is 5.10. The van der Waals surface area contributed by atoms with Gasteiger partial charge in [0.1, 0.15) is 11.3 Å². The first kappa shape index (κ1) is 23.4. The quantitative estimate of drug-likeness (QED) is 0.393. The van der Waals surface area contributed by atoms with E-state index in [0.717, 1.165) is 25.0 Å².